The van der Waals surface area contributed by atoms with Gasteiger partial charge in [0, 0.05) is 34.7 Å². The fraction of sp³-hybridized carbons (Fsp3) is 0.0952. The minimum atomic E-state index is -0.409. The summed E-state index contributed by atoms with van der Waals surface area (Å²) in [6, 6.07) is 13.6. The number of carbonyl (C=O) groups excluding carboxylic acids is 1. The number of amides is 1. The molecule has 0 aliphatic heterocycles. The van der Waals surface area contributed by atoms with E-state index in [4.69, 9.17) is 11.6 Å². The first kappa shape index (κ1) is 20.3. The smallest absolute Gasteiger partial charge is 0.256 e. The summed E-state index contributed by atoms with van der Waals surface area (Å²) in [6.07, 6.45) is 5.23. The molecule has 2 aromatic carbocycles. The molecule has 0 saturated carbocycles. The molecule has 0 aliphatic rings. The molecule has 2 aromatic heterocycles. The van der Waals surface area contributed by atoms with Gasteiger partial charge >= 0.3 is 0 Å². The van der Waals surface area contributed by atoms with Gasteiger partial charge in [-0.15, -0.1) is 0 Å². The van der Waals surface area contributed by atoms with Crippen LogP contribution in [0.5, 0.6) is 0 Å². The summed E-state index contributed by atoms with van der Waals surface area (Å²) in [4.78, 5) is 12.7. The Balaban J connectivity index is 1.49. The van der Waals surface area contributed by atoms with Gasteiger partial charge in [-0.2, -0.15) is 10.2 Å². The molecule has 4 rings (SSSR count). The Morgan fingerprint density at radius 3 is 2.73 bits per heavy atom. The minimum absolute atomic E-state index is 0.138. The Bertz CT molecular complexity index is 1170. The lowest BCUT2D eigenvalue weighted by Crippen LogP contribution is -2.14. The number of nitrogens with one attached hydrogen (secondary N) is 1. The predicted molar refractivity (Wildman–Crippen MR) is 116 cm³/mol. The van der Waals surface area contributed by atoms with Crippen molar-refractivity contribution in [1.82, 2.24) is 19.6 Å². The minimum Gasteiger partial charge on any atom is -0.304 e. The maximum atomic E-state index is 14.0. The molecule has 0 spiro atoms. The number of hydrogen-bond acceptors (Lipinski definition) is 3. The average molecular weight is 489 g/mol. The van der Waals surface area contributed by atoms with E-state index < -0.39 is 5.82 Å². The van der Waals surface area contributed by atoms with Gasteiger partial charge in [0.05, 0.1) is 17.6 Å². The van der Waals surface area contributed by atoms with Crippen LogP contribution >= 0.6 is 27.5 Å². The van der Waals surface area contributed by atoms with Gasteiger partial charge < -0.3 is 5.32 Å². The summed E-state index contributed by atoms with van der Waals surface area (Å²) in [5, 5.41) is 11.6. The molecule has 4 aromatic rings. The third-order valence-electron chi connectivity index (χ3n) is 4.42. The number of anilines is 1. The molecular formula is C21H16BrClFN5O. The second-order valence-electron chi connectivity index (χ2n) is 6.58. The molecule has 0 radical (unpaired) electrons. The molecule has 0 atom stereocenters. The SMILES string of the molecule is O=C(Nc1nn(Cc2c(F)cccc2Cl)cc1Br)c1cccc(Cn2cccn2)c1. The van der Waals surface area contributed by atoms with Crippen molar-refractivity contribution in [3.8, 4) is 0 Å². The number of rotatable bonds is 6. The normalized spacial score (nSPS) is 10.9. The zero-order valence-electron chi connectivity index (χ0n) is 15.6. The zero-order chi connectivity index (χ0) is 21.1. The van der Waals surface area contributed by atoms with Crippen molar-refractivity contribution >= 4 is 39.3 Å². The third kappa shape index (κ3) is 4.60. The van der Waals surface area contributed by atoms with E-state index in [9.17, 15) is 9.18 Å². The number of aromatic nitrogens is 4. The Kier molecular flexibility index (Phi) is 5.96. The summed E-state index contributed by atoms with van der Waals surface area (Å²) in [5.41, 5.74) is 1.78. The summed E-state index contributed by atoms with van der Waals surface area (Å²) in [6.45, 7) is 0.704. The molecule has 0 saturated heterocycles. The van der Waals surface area contributed by atoms with Gasteiger partial charge in [-0.1, -0.05) is 29.8 Å². The molecule has 0 bridgehead atoms. The topological polar surface area (TPSA) is 64.7 Å². The van der Waals surface area contributed by atoms with Crippen LogP contribution in [0.25, 0.3) is 0 Å². The Hall–Kier alpha value is -2.97. The molecule has 6 nitrogen and oxygen atoms in total. The van der Waals surface area contributed by atoms with Crippen molar-refractivity contribution in [2.45, 2.75) is 13.1 Å². The first-order chi connectivity index (χ1) is 14.5. The fourth-order valence-corrected chi connectivity index (χ4v) is 3.62. The van der Waals surface area contributed by atoms with Crippen LogP contribution in [-0.2, 0) is 13.1 Å². The molecule has 9 heteroatoms. The summed E-state index contributed by atoms with van der Waals surface area (Å²) < 4.78 is 17.9. The van der Waals surface area contributed by atoms with Gasteiger partial charge in [0.2, 0.25) is 0 Å². The standard InChI is InChI=1S/C21H16BrClFN5O/c22-17-13-29(12-16-18(23)6-2-7-19(16)24)27-20(17)26-21(30)15-5-1-4-14(10-15)11-28-9-3-8-25-28/h1-10,13H,11-12H2,(H,26,27,30). The first-order valence-electron chi connectivity index (χ1n) is 9.03. The highest BCUT2D eigenvalue weighted by Gasteiger charge is 2.15. The Morgan fingerprint density at radius 1 is 1.13 bits per heavy atom. The van der Waals surface area contributed by atoms with E-state index in [0.717, 1.165) is 5.56 Å². The number of hydrogen-bond donors (Lipinski definition) is 1. The number of benzene rings is 2. The van der Waals surface area contributed by atoms with Gasteiger partial charge in [-0.05, 0) is 51.8 Å². The lowest BCUT2D eigenvalue weighted by molar-refractivity contribution is 0.102. The lowest BCUT2D eigenvalue weighted by Gasteiger charge is -2.07. The molecule has 0 aliphatic carbocycles. The fourth-order valence-electron chi connectivity index (χ4n) is 2.98. The molecule has 152 valence electrons. The van der Waals surface area contributed by atoms with Crippen LogP contribution in [0.15, 0.2) is 71.6 Å². The molecule has 1 N–H and O–H groups in total. The van der Waals surface area contributed by atoms with Crippen LogP contribution in [0, 0.1) is 5.82 Å². The summed E-state index contributed by atoms with van der Waals surface area (Å²) in [7, 11) is 0. The third-order valence-corrected chi connectivity index (χ3v) is 5.36. The highest BCUT2D eigenvalue weighted by Crippen LogP contribution is 2.24. The second-order valence-corrected chi connectivity index (χ2v) is 7.84. The molecule has 0 fully saturated rings. The van der Waals surface area contributed by atoms with Crippen molar-refractivity contribution in [2.75, 3.05) is 5.32 Å². The molecule has 30 heavy (non-hydrogen) atoms. The van der Waals surface area contributed by atoms with Crippen LogP contribution in [0.2, 0.25) is 5.02 Å². The largest absolute Gasteiger partial charge is 0.304 e. The van der Waals surface area contributed by atoms with Crippen molar-refractivity contribution in [3.05, 3.63) is 99.1 Å². The summed E-state index contributed by atoms with van der Waals surface area (Å²) in [5.74, 6) is -0.370. The van der Waals surface area contributed by atoms with Crippen LogP contribution in [0.3, 0.4) is 0 Å². The van der Waals surface area contributed by atoms with Crippen molar-refractivity contribution < 1.29 is 9.18 Å². The van der Waals surface area contributed by atoms with E-state index >= 15 is 0 Å². The average Bonchev–Trinajstić information content (AvgIpc) is 3.35. The van der Waals surface area contributed by atoms with Gasteiger partial charge in [-0.25, -0.2) is 4.39 Å². The van der Waals surface area contributed by atoms with E-state index in [1.54, 1.807) is 41.3 Å². The maximum Gasteiger partial charge on any atom is 0.256 e. The van der Waals surface area contributed by atoms with Crippen LogP contribution < -0.4 is 5.32 Å². The quantitative estimate of drug-likeness (QED) is 0.416. The molecule has 1 amide bonds. The highest BCUT2D eigenvalue weighted by atomic mass is 79.9. The van der Waals surface area contributed by atoms with Crippen molar-refractivity contribution in [1.29, 1.82) is 0 Å². The maximum absolute atomic E-state index is 14.0. The summed E-state index contributed by atoms with van der Waals surface area (Å²) >= 11 is 9.47. The van der Waals surface area contributed by atoms with Crippen LogP contribution in [0.4, 0.5) is 10.2 Å². The highest BCUT2D eigenvalue weighted by molar-refractivity contribution is 9.10. The van der Waals surface area contributed by atoms with Crippen LogP contribution in [-0.4, -0.2) is 25.5 Å². The molecular weight excluding hydrogens is 473 g/mol. The number of carbonyl (C=O) groups is 1. The van der Waals surface area contributed by atoms with E-state index in [2.05, 4.69) is 31.4 Å². The van der Waals surface area contributed by atoms with Crippen LogP contribution in [0.1, 0.15) is 21.5 Å². The zero-order valence-corrected chi connectivity index (χ0v) is 17.9. The number of nitrogens with zero attached hydrogens (tertiary/aromatic N) is 4. The van der Waals surface area contributed by atoms with Gasteiger partial charge in [0.15, 0.2) is 5.82 Å². The van der Waals surface area contributed by atoms with Crippen molar-refractivity contribution in [3.63, 3.8) is 0 Å². The predicted octanol–water partition coefficient (Wildman–Crippen LogP) is 4.98. The lowest BCUT2D eigenvalue weighted by atomic mass is 10.1. The van der Waals surface area contributed by atoms with Crippen molar-refractivity contribution in [2.24, 2.45) is 0 Å². The van der Waals surface area contributed by atoms with Gasteiger partial charge in [-0.3, -0.25) is 14.2 Å². The molecule has 2 heterocycles. The second kappa shape index (κ2) is 8.81. The monoisotopic (exact) mass is 487 g/mol. The van der Waals surface area contributed by atoms with E-state index in [-0.39, 0.29) is 12.5 Å². The van der Waals surface area contributed by atoms with E-state index in [0.29, 0.717) is 33.0 Å². The van der Waals surface area contributed by atoms with E-state index in [1.807, 2.05) is 24.4 Å². The molecule has 0 unspecified atom stereocenters. The Labute approximate surface area is 185 Å². The first-order valence-corrected chi connectivity index (χ1v) is 10.2. The van der Waals surface area contributed by atoms with Gasteiger partial charge in [0.25, 0.3) is 5.91 Å². The van der Waals surface area contributed by atoms with Gasteiger partial charge in [0.1, 0.15) is 5.82 Å². The van der Waals surface area contributed by atoms with E-state index in [1.165, 1.54) is 10.7 Å². The number of halogens is 3. The Morgan fingerprint density at radius 2 is 1.97 bits per heavy atom.